The fourth-order valence-electron chi connectivity index (χ4n) is 7.57. The Kier molecular flexibility index (Phi) is 35.2. The number of nitrogens with one attached hydrogen (secondary N) is 1. The van der Waals surface area contributed by atoms with Crippen LogP contribution in [0.3, 0.4) is 0 Å². The SMILES string of the molecule is CCCCCCCC/C=C/CCCCCCCCCCCC(=O)N[C@@H](CO[C@H]1O[C@@H](CO)[C@H](O)C(O)C1O)[C@H](O)CCCCCCCCCCCCCCC. The number of carbonyl (C=O) groups excluding carboxylic acids is 1. The molecule has 1 aliphatic rings. The average molecular weight is 784 g/mol. The second kappa shape index (κ2) is 37.2. The summed E-state index contributed by atoms with van der Waals surface area (Å²) >= 11 is 0. The van der Waals surface area contributed by atoms with Gasteiger partial charge < -0.3 is 40.3 Å². The van der Waals surface area contributed by atoms with E-state index >= 15 is 0 Å². The fourth-order valence-corrected chi connectivity index (χ4v) is 7.57. The van der Waals surface area contributed by atoms with Gasteiger partial charge in [-0.15, -0.1) is 0 Å². The second-order valence-electron chi connectivity index (χ2n) is 16.6. The molecule has 1 aliphatic heterocycles. The van der Waals surface area contributed by atoms with Crippen LogP contribution in [0.4, 0.5) is 0 Å². The molecule has 7 atom stereocenters. The molecule has 1 rings (SSSR count). The van der Waals surface area contributed by atoms with Crippen molar-refractivity contribution in [2.75, 3.05) is 13.2 Å². The first-order valence-corrected chi connectivity index (χ1v) is 23.4. The Hall–Kier alpha value is -1.07. The van der Waals surface area contributed by atoms with E-state index in [0.29, 0.717) is 12.8 Å². The Morgan fingerprint density at radius 2 is 1.02 bits per heavy atom. The van der Waals surface area contributed by atoms with E-state index in [4.69, 9.17) is 9.47 Å². The van der Waals surface area contributed by atoms with E-state index in [1.165, 1.54) is 154 Å². The molecule has 9 heteroatoms. The molecule has 1 fully saturated rings. The molecule has 1 saturated heterocycles. The maximum atomic E-state index is 13.0. The van der Waals surface area contributed by atoms with Gasteiger partial charge in [0.1, 0.15) is 24.4 Å². The molecule has 0 saturated carbocycles. The third kappa shape index (κ3) is 28.1. The Morgan fingerprint density at radius 1 is 0.600 bits per heavy atom. The molecule has 1 amide bonds. The molecule has 0 spiro atoms. The molecule has 0 radical (unpaired) electrons. The Morgan fingerprint density at radius 3 is 1.47 bits per heavy atom. The number of aliphatic hydroxyl groups is 5. The van der Waals surface area contributed by atoms with E-state index in [1.807, 2.05) is 0 Å². The van der Waals surface area contributed by atoms with Crippen LogP contribution in [0.15, 0.2) is 12.2 Å². The van der Waals surface area contributed by atoms with Gasteiger partial charge in [0.2, 0.25) is 5.91 Å². The minimum absolute atomic E-state index is 0.135. The highest BCUT2D eigenvalue weighted by Crippen LogP contribution is 2.23. The predicted octanol–water partition coefficient (Wildman–Crippen LogP) is 9.73. The van der Waals surface area contributed by atoms with Crippen molar-refractivity contribution in [3.63, 3.8) is 0 Å². The summed E-state index contributed by atoms with van der Waals surface area (Å²) in [5, 5.41) is 54.3. The number of carbonyl (C=O) groups is 1. The minimum Gasteiger partial charge on any atom is -0.394 e. The quantitative estimate of drug-likeness (QED) is 0.0267. The lowest BCUT2D eigenvalue weighted by Crippen LogP contribution is -2.60. The number of amides is 1. The first kappa shape index (κ1) is 51.9. The van der Waals surface area contributed by atoms with Crippen LogP contribution < -0.4 is 5.32 Å². The highest BCUT2D eigenvalue weighted by Gasteiger charge is 2.44. The third-order valence-corrected chi connectivity index (χ3v) is 11.4. The zero-order valence-electron chi connectivity index (χ0n) is 35.7. The van der Waals surface area contributed by atoms with Crippen molar-refractivity contribution >= 4 is 5.91 Å². The number of rotatable bonds is 39. The van der Waals surface area contributed by atoms with Gasteiger partial charge in [0.25, 0.3) is 0 Å². The van der Waals surface area contributed by atoms with Crippen molar-refractivity contribution in [3.8, 4) is 0 Å². The van der Waals surface area contributed by atoms with Crippen LogP contribution in [0.5, 0.6) is 0 Å². The van der Waals surface area contributed by atoms with Crippen molar-refractivity contribution in [2.45, 2.75) is 262 Å². The molecule has 0 aromatic carbocycles. The van der Waals surface area contributed by atoms with Crippen LogP contribution in [0, 0.1) is 0 Å². The van der Waals surface area contributed by atoms with E-state index < -0.39 is 49.5 Å². The normalized spacial score (nSPS) is 21.3. The van der Waals surface area contributed by atoms with Crippen LogP contribution in [0.2, 0.25) is 0 Å². The predicted molar refractivity (Wildman–Crippen MR) is 226 cm³/mol. The lowest BCUT2D eigenvalue weighted by molar-refractivity contribution is -0.302. The molecule has 55 heavy (non-hydrogen) atoms. The second-order valence-corrected chi connectivity index (χ2v) is 16.6. The van der Waals surface area contributed by atoms with Gasteiger partial charge in [-0.1, -0.05) is 187 Å². The van der Waals surface area contributed by atoms with Gasteiger partial charge in [-0.2, -0.15) is 0 Å². The number of hydrogen-bond donors (Lipinski definition) is 6. The Bertz CT molecular complexity index is 873. The largest absolute Gasteiger partial charge is 0.394 e. The van der Waals surface area contributed by atoms with Gasteiger partial charge in [0.05, 0.1) is 25.4 Å². The molecule has 2 unspecified atom stereocenters. The van der Waals surface area contributed by atoms with Gasteiger partial charge in [-0.25, -0.2) is 0 Å². The van der Waals surface area contributed by atoms with Crippen LogP contribution in [-0.2, 0) is 14.3 Å². The summed E-state index contributed by atoms with van der Waals surface area (Å²) in [5.74, 6) is -0.146. The molecule has 0 aromatic heterocycles. The van der Waals surface area contributed by atoms with Gasteiger partial charge in [0.15, 0.2) is 6.29 Å². The molecule has 9 nitrogen and oxygen atoms in total. The van der Waals surface area contributed by atoms with E-state index in [0.717, 1.165) is 38.5 Å². The maximum absolute atomic E-state index is 13.0. The van der Waals surface area contributed by atoms with Gasteiger partial charge in [-0.3, -0.25) is 4.79 Å². The zero-order valence-corrected chi connectivity index (χ0v) is 35.7. The number of hydrogen-bond acceptors (Lipinski definition) is 8. The molecular formula is C46H89NO8. The van der Waals surface area contributed by atoms with E-state index in [9.17, 15) is 30.3 Å². The highest BCUT2D eigenvalue weighted by atomic mass is 16.7. The van der Waals surface area contributed by atoms with Crippen molar-refractivity contribution < 1.29 is 39.8 Å². The molecule has 0 aliphatic carbocycles. The first-order valence-electron chi connectivity index (χ1n) is 23.4. The van der Waals surface area contributed by atoms with Gasteiger partial charge in [-0.05, 0) is 38.5 Å². The summed E-state index contributed by atoms with van der Waals surface area (Å²) in [6, 6.07) is -0.715. The monoisotopic (exact) mass is 784 g/mol. The molecule has 0 bridgehead atoms. The molecule has 326 valence electrons. The van der Waals surface area contributed by atoms with Gasteiger partial charge >= 0.3 is 0 Å². The Labute approximate surface area is 337 Å². The number of allylic oxidation sites excluding steroid dienone is 2. The van der Waals surface area contributed by atoms with Crippen molar-refractivity contribution in [1.82, 2.24) is 5.32 Å². The first-order chi connectivity index (χ1) is 26.8. The molecular weight excluding hydrogens is 695 g/mol. The average Bonchev–Trinajstić information content (AvgIpc) is 3.18. The highest BCUT2D eigenvalue weighted by molar-refractivity contribution is 5.76. The van der Waals surface area contributed by atoms with E-state index in [1.54, 1.807) is 0 Å². The van der Waals surface area contributed by atoms with Crippen molar-refractivity contribution in [3.05, 3.63) is 12.2 Å². The summed E-state index contributed by atoms with van der Waals surface area (Å²) in [7, 11) is 0. The van der Waals surface area contributed by atoms with Crippen LogP contribution in [-0.4, -0.2) is 87.5 Å². The lowest BCUT2D eigenvalue weighted by Gasteiger charge is -2.40. The standard InChI is InChI=1S/C46H89NO8/c1-3-5-7-9-11-13-15-17-18-19-20-21-22-24-26-28-30-32-34-36-42(50)47-39(38-54-46-45(53)44(52)43(51)41(37-48)55-46)40(49)35-33-31-29-27-25-23-16-14-12-10-8-6-4-2/h17-18,39-41,43-46,48-49,51-53H,3-16,19-38H2,1-2H3,(H,47,50)/b18-17+/t39-,40+,41-,43-,44?,45?,46-/m0/s1. The summed E-state index contributed by atoms with van der Waals surface area (Å²) in [6.07, 6.45) is 35.0. The summed E-state index contributed by atoms with van der Waals surface area (Å²) in [5.41, 5.74) is 0. The number of ether oxygens (including phenoxy) is 2. The van der Waals surface area contributed by atoms with E-state index in [-0.39, 0.29) is 12.5 Å². The smallest absolute Gasteiger partial charge is 0.220 e. The van der Waals surface area contributed by atoms with Crippen molar-refractivity contribution in [1.29, 1.82) is 0 Å². The number of aliphatic hydroxyl groups excluding tert-OH is 5. The molecule has 1 heterocycles. The van der Waals surface area contributed by atoms with Crippen molar-refractivity contribution in [2.24, 2.45) is 0 Å². The summed E-state index contributed by atoms with van der Waals surface area (Å²) < 4.78 is 11.3. The third-order valence-electron chi connectivity index (χ3n) is 11.4. The Balaban J connectivity index is 2.30. The van der Waals surface area contributed by atoms with Crippen LogP contribution >= 0.6 is 0 Å². The van der Waals surface area contributed by atoms with Crippen LogP contribution in [0.25, 0.3) is 0 Å². The van der Waals surface area contributed by atoms with Crippen LogP contribution in [0.1, 0.15) is 219 Å². The molecule has 0 aromatic rings. The molecule has 6 N–H and O–H groups in total. The van der Waals surface area contributed by atoms with Gasteiger partial charge in [0, 0.05) is 6.42 Å². The fraction of sp³-hybridized carbons (Fsp3) is 0.935. The number of unbranched alkanes of at least 4 members (excludes halogenated alkanes) is 27. The minimum atomic E-state index is -1.55. The lowest BCUT2D eigenvalue weighted by atomic mass is 9.99. The maximum Gasteiger partial charge on any atom is 0.220 e. The summed E-state index contributed by atoms with van der Waals surface area (Å²) in [4.78, 5) is 13.0. The summed E-state index contributed by atoms with van der Waals surface area (Å²) in [6.45, 7) is 3.83. The topological polar surface area (TPSA) is 149 Å². The van der Waals surface area contributed by atoms with E-state index in [2.05, 4.69) is 31.3 Å². The zero-order chi connectivity index (χ0) is 40.2.